The van der Waals surface area contributed by atoms with Gasteiger partial charge >= 0.3 is 0 Å². The zero-order valence-corrected chi connectivity index (χ0v) is 13.9. The van der Waals surface area contributed by atoms with Gasteiger partial charge in [-0.05, 0) is 41.4 Å². The predicted octanol–water partition coefficient (Wildman–Crippen LogP) is 4.14. The van der Waals surface area contributed by atoms with Crippen LogP contribution in [0, 0.1) is 0 Å². The molecule has 0 spiro atoms. The summed E-state index contributed by atoms with van der Waals surface area (Å²) >= 11 is 4.49. The van der Waals surface area contributed by atoms with Crippen molar-refractivity contribution in [1.29, 1.82) is 0 Å². The Kier molecular flexibility index (Phi) is 4.60. The van der Waals surface area contributed by atoms with E-state index in [1.165, 1.54) is 0 Å². The average molecular weight is 374 g/mol. The average Bonchev–Trinajstić information content (AvgIpc) is 2.99. The van der Waals surface area contributed by atoms with Crippen LogP contribution in [-0.2, 0) is 6.42 Å². The fourth-order valence-electron chi connectivity index (χ4n) is 2.01. The molecular formula is C16H12BrN3OS. The smallest absolute Gasteiger partial charge is 0.269 e. The van der Waals surface area contributed by atoms with Crippen molar-refractivity contribution in [3.63, 3.8) is 0 Å². The molecule has 0 aliphatic rings. The fourth-order valence-corrected chi connectivity index (χ4v) is 2.84. The number of anilines is 1. The Balaban J connectivity index is 1.76. The number of nitrogens with one attached hydrogen (secondary N) is 1. The van der Waals surface area contributed by atoms with E-state index in [1.807, 2.05) is 54.6 Å². The van der Waals surface area contributed by atoms with Gasteiger partial charge in [-0.15, -0.1) is 5.10 Å². The molecule has 3 aromatic rings. The van der Waals surface area contributed by atoms with Crippen LogP contribution < -0.4 is 5.32 Å². The second kappa shape index (κ2) is 6.81. The molecule has 1 amide bonds. The third-order valence-electron chi connectivity index (χ3n) is 3.08. The molecule has 0 bridgehead atoms. The number of hydrogen-bond donors (Lipinski definition) is 1. The lowest BCUT2D eigenvalue weighted by atomic mass is 10.1. The molecule has 0 unspecified atom stereocenters. The van der Waals surface area contributed by atoms with E-state index in [4.69, 9.17) is 0 Å². The molecule has 4 nitrogen and oxygen atoms in total. The minimum atomic E-state index is -0.178. The van der Waals surface area contributed by atoms with E-state index in [-0.39, 0.29) is 5.91 Å². The number of benzene rings is 2. The molecule has 22 heavy (non-hydrogen) atoms. The summed E-state index contributed by atoms with van der Waals surface area (Å²) in [4.78, 5) is 12.9. The minimum Gasteiger partial charge on any atom is -0.321 e. The third kappa shape index (κ3) is 3.58. The lowest BCUT2D eigenvalue weighted by Crippen LogP contribution is -2.12. The minimum absolute atomic E-state index is 0.178. The zero-order chi connectivity index (χ0) is 15.4. The highest BCUT2D eigenvalue weighted by Crippen LogP contribution is 2.19. The molecule has 3 rings (SSSR count). The van der Waals surface area contributed by atoms with Crippen molar-refractivity contribution in [3.05, 3.63) is 75.2 Å². The van der Waals surface area contributed by atoms with E-state index in [9.17, 15) is 4.79 Å². The van der Waals surface area contributed by atoms with Crippen LogP contribution in [0.15, 0.2) is 59.1 Å². The first-order valence-corrected chi connectivity index (χ1v) is 8.21. The van der Waals surface area contributed by atoms with Gasteiger partial charge < -0.3 is 5.32 Å². The quantitative estimate of drug-likeness (QED) is 0.747. The molecule has 0 fully saturated rings. The maximum absolute atomic E-state index is 12.4. The number of aromatic nitrogens is 2. The molecule has 0 aliphatic heterocycles. The molecule has 1 heterocycles. The zero-order valence-electron chi connectivity index (χ0n) is 11.5. The Morgan fingerprint density at radius 1 is 1.09 bits per heavy atom. The van der Waals surface area contributed by atoms with Crippen molar-refractivity contribution in [3.8, 4) is 0 Å². The molecule has 110 valence electrons. The highest BCUT2D eigenvalue weighted by molar-refractivity contribution is 9.10. The van der Waals surface area contributed by atoms with Crippen LogP contribution >= 0.6 is 27.5 Å². The number of rotatable bonds is 4. The maximum Gasteiger partial charge on any atom is 0.269 e. The topological polar surface area (TPSA) is 54.9 Å². The van der Waals surface area contributed by atoms with Gasteiger partial charge in [-0.1, -0.05) is 50.8 Å². The third-order valence-corrected chi connectivity index (χ3v) is 4.37. The second-order valence-corrected chi connectivity index (χ2v) is 6.34. The van der Waals surface area contributed by atoms with Crippen LogP contribution in [0.5, 0.6) is 0 Å². The maximum atomic E-state index is 12.4. The van der Waals surface area contributed by atoms with E-state index in [0.717, 1.165) is 27.3 Å². The van der Waals surface area contributed by atoms with Crippen LogP contribution in [0.2, 0.25) is 0 Å². The number of nitrogens with zero attached hydrogens (tertiary/aromatic N) is 2. The molecule has 0 saturated heterocycles. The summed E-state index contributed by atoms with van der Waals surface area (Å²) in [5.41, 5.74) is 2.55. The Morgan fingerprint density at radius 2 is 1.82 bits per heavy atom. The first-order valence-electron chi connectivity index (χ1n) is 6.64. The van der Waals surface area contributed by atoms with Gasteiger partial charge in [-0.2, -0.15) is 0 Å². The Labute approximate surface area is 140 Å². The van der Waals surface area contributed by atoms with Crippen molar-refractivity contribution in [2.75, 3.05) is 5.32 Å². The number of carbonyl (C=O) groups excluding carboxylic acids is 1. The highest BCUT2D eigenvalue weighted by atomic mass is 79.9. The first kappa shape index (κ1) is 14.9. The fraction of sp³-hybridized carbons (Fsp3) is 0.0625. The molecule has 1 N–H and O–H groups in total. The van der Waals surface area contributed by atoms with Gasteiger partial charge in [-0.25, -0.2) is 0 Å². The van der Waals surface area contributed by atoms with Gasteiger partial charge in [-0.3, -0.25) is 4.79 Å². The van der Waals surface area contributed by atoms with E-state index >= 15 is 0 Å². The van der Waals surface area contributed by atoms with E-state index in [1.54, 1.807) is 0 Å². The Morgan fingerprint density at radius 3 is 2.55 bits per heavy atom. The highest BCUT2D eigenvalue weighted by Gasteiger charge is 2.16. The van der Waals surface area contributed by atoms with Crippen LogP contribution in [0.3, 0.4) is 0 Å². The monoisotopic (exact) mass is 373 g/mol. The molecule has 1 aromatic heterocycles. The molecule has 0 saturated carbocycles. The standard InChI is InChI=1S/C16H12BrN3OS/c17-12-6-8-13(9-7-12)18-16(21)15-14(19-20-22-15)10-11-4-2-1-3-5-11/h1-9H,10H2,(H,18,21). The summed E-state index contributed by atoms with van der Waals surface area (Å²) in [6, 6.07) is 17.4. The summed E-state index contributed by atoms with van der Waals surface area (Å²) in [5, 5.41) is 6.96. The van der Waals surface area contributed by atoms with Crippen LogP contribution in [-0.4, -0.2) is 15.5 Å². The molecule has 2 aromatic carbocycles. The first-order chi connectivity index (χ1) is 10.7. The van der Waals surface area contributed by atoms with Gasteiger partial charge in [0.2, 0.25) is 0 Å². The lowest BCUT2D eigenvalue weighted by Gasteiger charge is -2.05. The number of carbonyl (C=O) groups is 1. The summed E-state index contributed by atoms with van der Waals surface area (Å²) in [6.07, 6.45) is 0.598. The van der Waals surface area contributed by atoms with Crippen molar-refractivity contribution >= 4 is 39.1 Å². The lowest BCUT2D eigenvalue weighted by molar-refractivity contribution is 0.102. The number of hydrogen-bond acceptors (Lipinski definition) is 4. The molecule has 0 aliphatic carbocycles. The largest absolute Gasteiger partial charge is 0.321 e. The van der Waals surface area contributed by atoms with E-state index in [2.05, 4.69) is 30.8 Å². The predicted molar refractivity (Wildman–Crippen MR) is 91.3 cm³/mol. The van der Waals surface area contributed by atoms with Crippen molar-refractivity contribution < 1.29 is 4.79 Å². The van der Waals surface area contributed by atoms with Crippen LogP contribution in [0.4, 0.5) is 5.69 Å². The molecular weight excluding hydrogens is 362 g/mol. The summed E-state index contributed by atoms with van der Waals surface area (Å²) in [6.45, 7) is 0. The van der Waals surface area contributed by atoms with Crippen molar-refractivity contribution in [2.24, 2.45) is 0 Å². The van der Waals surface area contributed by atoms with Gasteiger partial charge in [0, 0.05) is 16.6 Å². The summed E-state index contributed by atoms with van der Waals surface area (Å²) in [7, 11) is 0. The number of halogens is 1. The number of amides is 1. The van der Waals surface area contributed by atoms with Gasteiger partial charge in [0.1, 0.15) is 4.88 Å². The molecule has 6 heteroatoms. The van der Waals surface area contributed by atoms with Crippen LogP contribution in [0.1, 0.15) is 20.9 Å². The summed E-state index contributed by atoms with van der Waals surface area (Å²) in [5.74, 6) is -0.178. The van der Waals surface area contributed by atoms with E-state index in [0.29, 0.717) is 17.0 Å². The van der Waals surface area contributed by atoms with E-state index < -0.39 is 0 Å². The molecule has 0 atom stereocenters. The SMILES string of the molecule is O=C(Nc1ccc(Br)cc1)c1snnc1Cc1ccccc1. The van der Waals surface area contributed by atoms with Gasteiger partial charge in [0.05, 0.1) is 5.69 Å². The normalized spacial score (nSPS) is 10.4. The Bertz CT molecular complexity index is 772. The van der Waals surface area contributed by atoms with Crippen LogP contribution in [0.25, 0.3) is 0 Å². The van der Waals surface area contributed by atoms with Crippen molar-refractivity contribution in [1.82, 2.24) is 9.59 Å². The van der Waals surface area contributed by atoms with Crippen molar-refractivity contribution in [2.45, 2.75) is 6.42 Å². The Hall–Kier alpha value is -2.05. The summed E-state index contributed by atoms with van der Waals surface area (Å²) < 4.78 is 4.89. The molecule has 0 radical (unpaired) electrons. The van der Waals surface area contributed by atoms with Gasteiger partial charge in [0.25, 0.3) is 5.91 Å². The second-order valence-electron chi connectivity index (χ2n) is 4.67. The van der Waals surface area contributed by atoms with Gasteiger partial charge in [0.15, 0.2) is 0 Å².